The van der Waals surface area contributed by atoms with E-state index in [1.165, 1.54) is 0 Å². The zero-order valence-electron chi connectivity index (χ0n) is 11.3. The molecule has 0 N–H and O–H groups in total. The molecule has 0 heterocycles. The van der Waals surface area contributed by atoms with Crippen molar-refractivity contribution in [1.82, 2.24) is 0 Å². The highest BCUT2D eigenvalue weighted by Crippen LogP contribution is 2.22. The van der Waals surface area contributed by atoms with E-state index in [1.54, 1.807) is 0 Å². The van der Waals surface area contributed by atoms with Gasteiger partial charge in [0.1, 0.15) is 0 Å². The zero-order valence-corrected chi connectivity index (χ0v) is 11.3. The molecule has 0 saturated carbocycles. The normalized spacial score (nSPS) is 13.0. The number of hydrogen-bond donors (Lipinski definition) is 0. The average molecular weight is 264 g/mol. The monoisotopic (exact) mass is 264 g/mol. The summed E-state index contributed by atoms with van der Waals surface area (Å²) < 4.78 is 5.43. The molecule has 0 aliphatic rings. The summed E-state index contributed by atoms with van der Waals surface area (Å²) in [6, 6.07) is 18.8. The summed E-state index contributed by atoms with van der Waals surface area (Å²) >= 11 is 0. The predicted molar refractivity (Wildman–Crippen MR) is 79.0 cm³/mol. The van der Waals surface area contributed by atoms with Crippen LogP contribution in [0.5, 0.6) is 0 Å². The maximum absolute atomic E-state index is 12.2. The number of carbonyl (C=O) groups is 1. The van der Waals surface area contributed by atoms with Crippen molar-refractivity contribution in [1.29, 1.82) is 0 Å². The largest absolute Gasteiger partial charge is 0.444 e. The Labute approximate surface area is 119 Å². The van der Waals surface area contributed by atoms with Crippen LogP contribution in [0.3, 0.4) is 0 Å². The van der Waals surface area contributed by atoms with E-state index in [9.17, 15) is 4.79 Å². The third-order valence-electron chi connectivity index (χ3n) is 3.14. The van der Waals surface area contributed by atoms with Gasteiger partial charge in [-0.2, -0.15) is 0 Å². The molecule has 2 atom stereocenters. The molecule has 0 aliphatic carbocycles. The van der Waals surface area contributed by atoms with E-state index in [-0.39, 0.29) is 11.9 Å². The first-order valence-corrected chi connectivity index (χ1v) is 6.49. The van der Waals surface area contributed by atoms with Crippen LogP contribution in [-0.4, -0.2) is 5.97 Å². The van der Waals surface area contributed by atoms with E-state index in [2.05, 4.69) is 5.92 Å². The number of esters is 1. The van der Waals surface area contributed by atoms with Crippen molar-refractivity contribution >= 4 is 5.97 Å². The Kier molecular flexibility index (Phi) is 4.57. The molecule has 0 fully saturated rings. The van der Waals surface area contributed by atoms with Gasteiger partial charge >= 0.3 is 5.97 Å². The molecule has 2 aromatic rings. The number of carbonyl (C=O) groups excluding carboxylic acids is 1. The first kappa shape index (κ1) is 13.9. The van der Waals surface area contributed by atoms with Gasteiger partial charge in [0.2, 0.25) is 0 Å². The predicted octanol–water partition coefficient (Wildman–Crippen LogP) is 3.71. The van der Waals surface area contributed by atoms with Gasteiger partial charge in [-0.25, -0.2) is 0 Å². The molecule has 2 aromatic carbocycles. The molecule has 2 nitrogen and oxygen atoms in total. The molecule has 0 amide bonds. The fourth-order valence-electron chi connectivity index (χ4n) is 1.92. The highest BCUT2D eigenvalue weighted by molar-refractivity contribution is 5.78. The van der Waals surface area contributed by atoms with E-state index in [0.717, 1.165) is 11.1 Å². The second kappa shape index (κ2) is 6.58. The second-order valence-electron chi connectivity index (χ2n) is 4.53. The fourth-order valence-corrected chi connectivity index (χ4v) is 1.92. The van der Waals surface area contributed by atoms with Crippen LogP contribution < -0.4 is 0 Å². The molecule has 0 bridgehead atoms. The maximum atomic E-state index is 12.2. The van der Waals surface area contributed by atoms with Gasteiger partial charge in [-0.3, -0.25) is 4.79 Å². The first-order chi connectivity index (χ1) is 9.72. The van der Waals surface area contributed by atoms with E-state index < -0.39 is 6.10 Å². The third-order valence-corrected chi connectivity index (χ3v) is 3.14. The SMILES string of the molecule is C#CC(OC(=O)C(C)c1ccccc1)c1ccccc1. The Morgan fingerprint density at radius 1 is 1.00 bits per heavy atom. The minimum atomic E-state index is -0.644. The van der Waals surface area contributed by atoms with Crippen molar-refractivity contribution in [2.45, 2.75) is 18.9 Å². The molecule has 0 saturated heterocycles. The van der Waals surface area contributed by atoms with Crippen molar-refractivity contribution in [3.8, 4) is 12.3 Å². The quantitative estimate of drug-likeness (QED) is 0.621. The van der Waals surface area contributed by atoms with Gasteiger partial charge in [-0.15, -0.1) is 6.42 Å². The first-order valence-electron chi connectivity index (χ1n) is 6.49. The van der Waals surface area contributed by atoms with Gasteiger partial charge in [0.05, 0.1) is 5.92 Å². The number of rotatable bonds is 4. The van der Waals surface area contributed by atoms with E-state index in [0.29, 0.717) is 0 Å². The Morgan fingerprint density at radius 2 is 1.50 bits per heavy atom. The second-order valence-corrected chi connectivity index (χ2v) is 4.53. The summed E-state index contributed by atoms with van der Waals surface area (Å²) in [5.41, 5.74) is 1.73. The highest BCUT2D eigenvalue weighted by atomic mass is 16.5. The maximum Gasteiger partial charge on any atom is 0.314 e. The summed E-state index contributed by atoms with van der Waals surface area (Å²) in [7, 11) is 0. The van der Waals surface area contributed by atoms with Crippen LogP contribution in [0, 0.1) is 12.3 Å². The van der Waals surface area contributed by atoms with Crippen LogP contribution in [0.1, 0.15) is 30.1 Å². The lowest BCUT2D eigenvalue weighted by Gasteiger charge is -2.16. The average Bonchev–Trinajstić information content (AvgIpc) is 2.53. The van der Waals surface area contributed by atoms with Crippen molar-refractivity contribution in [3.05, 3.63) is 71.8 Å². The summed E-state index contributed by atoms with van der Waals surface area (Å²) in [4.78, 5) is 12.2. The smallest absolute Gasteiger partial charge is 0.314 e. The van der Waals surface area contributed by atoms with Gasteiger partial charge in [-0.1, -0.05) is 66.6 Å². The van der Waals surface area contributed by atoms with E-state index in [1.807, 2.05) is 67.6 Å². The standard InChI is InChI=1S/C18H16O2/c1-3-17(16-12-8-5-9-13-16)20-18(19)14(2)15-10-6-4-7-11-15/h1,4-14,17H,2H3. The Balaban J connectivity index is 2.09. The zero-order chi connectivity index (χ0) is 14.4. The lowest BCUT2D eigenvalue weighted by Crippen LogP contribution is -2.16. The third kappa shape index (κ3) is 3.27. The van der Waals surface area contributed by atoms with Crippen LogP contribution in [0.2, 0.25) is 0 Å². The van der Waals surface area contributed by atoms with Gasteiger partial charge in [0.25, 0.3) is 0 Å². The van der Waals surface area contributed by atoms with Gasteiger partial charge in [0.15, 0.2) is 6.10 Å². The van der Waals surface area contributed by atoms with Crippen LogP contribution in [0.15, 0.2) is 60.7 Å². The summed E-state index contributed by atoms with van der Waals surface area (Å²) in [5, 5.41) is 0. The number of benzene rings is 2. The van der Waals surface area contributed by atoms with Crippen LogP contribution in [0.4, 0.5) is 0 Å². The van der Waals surface area contributed by atoms with Crippen molar-refractivity contribution in [2.24, 2.45) is 0 Å². The van der Waals surface area contributed by atoms with Gasteiger partial charge < -0.3 is 4.74 Å². The molecule has 2 heteroatoms. The number of hydrogen-bond acceptors (Lipinski definition) is 2. The molecule has 2 unspecified atom stereocenters. The molecule has 0 spiro atoms. The van der Waals surface area contributed by atoms with Crippen LogP contribution in [0.25, 0.3) is 0 Å². The topological polar surface area (TPSA) is 26.3 Å². The summed E-state index contributed by atoms with van der Waals surface area (Å²) in [6.07, 6.45) is 4.82. The van der Waals surface area contributed by atoms with Crippen molar-refractivity contribution < 1.29 is 9.53 Å². The van der Waals surface area contributed by atoms with Gasteiger partial charge in [0, 0.05) is 5.56 Å². The summed E-state index contributed by atoms with van der Waals surface area (Å²) in [6.45, 7) is 1.82. The fraction of sp³-hybridized carbons (Fsp3) is 0.167. The Morgan fingerprint density at radius 3 is 2.00 bits per heavy atom. The molecular weight excluding hydrogens is 248 g/mol. The minimum Gasteiger partial charge on any atom is -0.444 e. The van der Waals surface area contributed by atoms with Crippen LogP contribution in [-0.2, 0) is 9.53 Å². The molecule has 2 rings (SSSR count). The summed E-state index contributed by atoms with van der Waals surface area (Å²) in [5.74, 6) is 1.86. The number of terminal acetylenes is 1. The molecule has 0 aliphatic heterocycles. The van der Waals surface area contributed by atoms with Crippen molar-refractivity contribution in [3.63, 3.8) is 0 Å². The Hall–Kier alpha value is -2.53. The van der Waals surface area contributed by atoms with E-state index >= 15 is 0 Å². The lowest BCUT2D eigenvalue weighted by molar-refractivity contribution is -0.148. The molecular formula is C18H16O2. The van der Waals surface area contributed by atoms with Gasteiger partial charge in [-0.05, 0) is 12.5 Å². The Bertz CT molecular complexity index is 596. The molecule has 0 aromatic heterocycles. The number of ether oxygens (including phenoxy) is 1. The molecule has 100 valence electrons. The minimum absolute atomic E-state index is 0.317. The van der Waals surface area contributed by atoms with Crippen molar-refractivity contribution in [2.75, 3.05) is 0 Å². The molecule has 20 heavy (non-hydrogen) atoms. The van der Waals surface area contributed by atoms with E-state index in [4.69, 9.17) is 11.2 Å². The van der Waals surface area contributed by atoms with Crippen LogP contribution >= 0.6 is 0 Å². The lowest BCUT2D eigenvalue weighted by atomic mass is 10.0. The highest BCUT2D eigenvalue weighted by Gasteiger charge is 2.20. The molecule has 0 radical (unpaired) electrons.